The molecule has 0 amide bonds. The van der Waals surface area contributed by atoms with Gasteiger partial charge in [-0.1, -0.05) is 35.9 Å². The summed E-state index contributed by atoms with van der Waals surface area (Å²) < 4.78 is 0. The Labute approximate surface area is 96.6 Å². The molecule has 0 aliphatic carbocycles. The normalized spacial score (nSPS) is 9.19. The van der Waals surface area contributed by atoms with Gasteiger partial charge in [0, 0.05) is 11.9 Å². The zero-order chi connectivity index (χ0) is 11.8. The number of hydrogen-bond donors (Lipinski definition) is 1. The Hall–Kier alpha value is -1.67. The first-order chi connectivity index (χ1) is 7.72. The lowest BCUT2D eigenvalue weighted by Crippen LogP contribution is -1.81. The fourth-order valence-corrected chi connectivity index (χ4v) is 1.26. The van der Waals surface area contributed by atoms with Gasteiger partial charge in [0.1, 0.15) is 0 Å². The van der Waals surface area contributed by atoms with Crippen molar-refractivity contribution in [1.29, 1.82) is 0 Å². The van der Waals surface area contributed by atoms with Crippen LogP contribution in [0.25, 0.3) is 0 Å². The highest BCUT2D eigenvalue weighted by Crippen LogP contribution is 2.02. The molecule has 0 aliphatic heterocycles. The number of aliphatic hydroxyl groups is 1. The van der Waals surface area contributed by atoms with E-state index in [4.69, 9.17) is 5.11 Å². The van der Waals surface area contributed by atoms with Crippen LogP contribution in [-0.2, 0) is 6.61 Å². The molecule has 1 N–H and O–H groups in total. The van der Waals surface area contributed by atoms with Crippen LogP contribution in [0.1, 0.15) is 16.8 Å². The molecule has 0 saturated heterocycles. The van der Waals surface area contributed by atoms with Crippen molar-refractivity contribution in [2.45, 2.75) is 20.5 Å². The van der Waals surface area contributed by atoms with Crippen LogP contribution in [0.5, 0.6) is 0 Å². The molecule has 0 unspecified atom stereocenters. The maximum absolute atomic E-state index is 8.66. The van der Waals surface area contributed by atoms with Crippen LogP contribution >= 0.6 is 0 Å². The topological polar surface area (TPSA) is 33.1 Å². The molecule has 0 radical (unpaired) electrons. The summed E-state index contributed by atoms with van der Waals surface area (Å²) in [5.74, 6) is 0. The van der Waals surface area contributed by atoms with Gasteiger partial charge in [0.15, 0.2) is 0 Å². The fraction of sp³-hybridized carbons (Fsp3) is 0.214. The fourth-order valence-electron chi connectivity index (χ4n) is 1.26. The molecule has 0 saturated carbocycles. The van der Waals surface area contributed by atoms with Crippen molar-refractivity contribution in [2.24, 2.45) is 0 Å². The summed E-state index contributed by atoms with van der Waals surface area (Å²) >= 11 is 0. The number of benzene rings is 1. The van der Waals surface area contributed by atoms with Gasteiger partial charge in [-0.2, -0.15) is 0 Å². The molecule has 0 atom stereocenters. The first-order valence-corrected chi connectivity index (χ1v) is 5.26. The monoisotopic (exact) mass is 215 g/mol. The smallest absolute Gasteiger partial charge is 0.0681 e. The quantitative estimate of drug-likeness (QED) is 0.793. The van der Waals surface area contributed by atoms with Gasteiger partial charge in [-0.15, -0.1) is 0 Å². The van der Waals surface area contributed by atoms with E-state index in [9.17, 15) is 0 Å². The maximum atomic E-state index is 8.66. The lowest BCUT2D eigenvalue weighted by Gasteiger charge is -1.94. The molecule has 0 aliphatic rings. The number of rotatable bonds is 1. The van der Waals surface area contributed by atoms with Crippen LogP contribution in [0.3, 0.4) is 0 Å². The highest BCUT2D eigenvalue weighted by Gasteiger charge is 1.86. The number of aryl methyl sites for hydroxylation is 2. The van der Waals surface area contributed by atoms with Gasteiger partial charge in [0.05, 0.1) is 6.61 Å². The largest absolute Gasteiger partial charge is 0.392 e. The van der Waals surface area contributed by atoms with Gasteiger partial charge in [0.25, 0.3) is 0 Å². The van der Waals surface area contributed by atoms with E-state index < -0.39 is 0 Å². The standard InChI is InChI=1S/C8H10O.C6H7N/c1-7-3-2-4-8(5-7)6-9;1-6-4-2-3-5-7-6/h2-5,9H,6H2,1H3;2-5H,1H3. The predicted molar refractivity (Wildman–Crippen MR) is 66.1 cm³/mol. The van der Waals surface area contributed by atoms with E-state index in [2.05, 4.69) is 4.98 Å². The third-order valence-electron chi connectivity index (χ3n) is 2.08. The van der Waals surface area contributed by atoms with Crippen molar-refractivity contribution in [1.82, 2.24) is 4.98 Å². The average molecular weight is 215 g/mol. The highest BCUT2D eigenvalue weighted by molar-refractivity contribution is 5.21. The second-order valence-corrected chi connectivity index (χ2v) is 3.62. The number of aliphatic hydroxyl groups excluding tert-OH is 1. The molecule has 0 spiro atoms. The Kier molecular flexibility index (Phi) is 5.23. The molecular weight excluding hydrogens is 198 g/mol. The number of aromatic nitrogens is 1. The van der Waals surface area contributed by atoms with Gasteiger partial charge < -0.3 is 5.11 Å². The second-order valence-electron chi connectivity index (χ2n) is 3.62. The Morgan fingerprint density at radius 2 is 1.88 bits per heavy atom. The van der Waals surface area contributed by atoms with E-state index in [0.717, 1.165) is 11.3 Å². The molecule has 2 aromatic rings. The summed E-state index contributed by atoms with van der Waals surface area (Å²) in [4.78, 5) is 3.98. The molecule has 0 bridgehead atoms. The molecule has 84 valence electrons. The molecule has 1 aromatic carbocycles. The van der Waals surface area contributed by atoms with E-state index in [1.54, 1.807) is 6.20 Å². The van der Waals surface area contributed by atoms with E-state index in [-0.39, 0.29) is 6.61 Å². The Bertz CT molecular complexity index is 412. The van der Waals surface area contributed by atoms with Crippen molar-refractivity contribution in [3.8, 4) is 0 Å². The van der Waals surface area contributed by atoms with Crippen LogP contribution in [0, 0.1) is 13.8 Å². The second kappa shape index (κ2) is 6.75. The van der Waals surface area contributed by atoms with Crippen LogP contribution in [-0.4, -0.2) is 10.1 Å². The van der Waals surface area contributed by atoms with Crippen LogP contribution in [0.15, 0.2) is 48.7 Å². The zero-order valence-corrected chi connectivity index (χ0v) is 9.72. The summed E-state index contributed by atoms with van der Waals surface area (Å²) in [6, 6.07) is 13.7. The van der Waals surface area contributed by atoms with Crippen molar-refractivity contribution >= 4 is 0 Å². The SMILES string of the molecule is Cc1cccc(CO)c1.Cc1ccccn1. The third kappa shape index (κ3) is 4.71. The van der Waals surface area contributed by atoms with Gasteiger partial charge in [0.2, 0.25) is 0 Å². The molecule has 16 heavy (non-hydrogen) atoms. The summed E-state index contributed by atoms with van der Waals surface area (Å²) in [7, 11) is 0. The maximum Gasteiger partial charge on any atom is 0.0681 e. The Balaban J connectivity index is 0.000000165. The molecular formula is C14H17NO. The summed E-state index contributed by atoms with van der Waals surface area (Å²) in [5, 5.41) is 8.66. The minimum Gasteiger partial charge on any atom is -0.392 e. The van der Waals surface area contributed by atoms with Crippen LogP contribution < -0.4 is 0 Å². The van der Waals surface area contributed by atoms with Crippen LogP contribution in [0.2, 0.25) is 0 Å². The van der Waals surface area contributed by atoms with E-state index in [0.29, 0.717) is 0 Å². The number of pyridine rings is 1. The Morgan fingerprint density at radius 1 is 1.06 bits per heavy atom. The zero-order valence-electron chi connectivity index (χ0n) is 9.72. The lowest BCUT2D eigenvalue weighted by atomic mass is 10.1. The number of hydrogen-bond acceptors (Lipinski definition) is 2. The summed E-state index contributed by atoms with van der Waals surface area (Å²) in [6.45, 7) is 4.13. The van der Waals surface area contributed by atoms with Crippen LogP contribution in [0.4, 0.5) is 0 Å². The van der Waals surface area contributed by atoms with Gasteiger partial charge in [-0.05, 0) is 31.5 Å². The van der Waals surface area contributed by atoms with Gasteiger partial charge in [-0.25, -0.2) is 0 Å². The highest BCUT2D eigenvalue weighted by atomic mass is 16.3. The van der Waals surface area contributed by atoms with E-state index in [1.807, 2.05) is 56.3 Å². The predicted octanol–water partition coefficient (Wildman–Crippen LogP) is 2.88. The number of nitrogens with zero attached hydrogens (tertiary/aromatic N) is 1. The minimum absolute atomic E-state index is 0.141. The summed E-state index contributed by atoms with van der Waals surface area (Å²) in [5.41, 5.74) is 3.25. The lowest BCUT2D eigenvalue weighted by molar-refractivity contribution is 0.282. The minimum atomic E-state index is 0.141. The third-order valence-corrected chi connectivity index (χ3v) is 2.08. The Morgan fingerprint density at radius 3 is 2.25 bits per heavy atom. The first kappa shape index (κ1) is 12.4. The van der Waals surface area contributed by atoms with Crippen molar-refractivity contribution in [3.63, 3.8) is 0 Å². The molecule has 1 aromatic heterocycles. The molecule has 1 heterocycles. The first-order valence-electron chi connectivity index (χ1n) is 5.26. The van der Waals surface area contributed by atoms with Crippen molar-refractivity contribution < 1.29 is 5.11 Å². The van der Waals surface area contributed by atoms with E-state index >= 15 is 0 Å². The summed E-state index contributed by atoms with van der Waals surface area (Å²) in [6.07, 6.45) is 1.79. The molecule has 2 nitrogen and oxygen atoms in total. The molecule has 2 rings (SSSR count). The van der Waals surface area contributed by atoms with E-state index in [1.165, 1.54) is 5.56 Å². The average Bonchev–Trinajstić information content (AvgIpc) is 2.31. The van der Waals surface area contributed by atoms with Gasteiger partial charge in [-0.3, -0.25) is 4.98 Å². The molecule has 0 fully saturated rings. The molecule has 2 heteroatoms. The van der Waals surface area contributed by atoms with Crippen molar-refractivity contribution in [2.75, 3.05) is 0 Å². The van der Waals surface area contributed by atoms with Crippen molar-refractivity contribution in [3.05, 3.63) is 65.5 Å². The van der Waals surface area contributed by atoms with Gasteiger partial charge >= 0.3 is 0 Å².